The molecule has 4 aliphatic rings. The lowest BCUT2D eigenvalue weighted by molar-refractivity contribution is 0.240. The van der Waals surface area contributed by atoms with Gasteiger partial charge in [0.25, 0.3) is 0 Å². The van der Waals surface area contributed by atoms with Crippen LogP contribution in [0.5, 0.6) is 5.75 Å². The lowest BCUT2D eigenvalue weighted by atomic mass is 9.90. The van der Waals surface area contributed by atoms with Gasteiger partial charge in [-0.05, 0) is 60.8 Å². The van der Waals surface area contributed by atoms with Gasteiger partial charge in [0.05, 0.1) is 12.6 Å². The Morgan fingerprint density at radius 2 is 1.46 bits per heavy atom. The molecular weight excluding hydrogens is 322 g/mol. The topological polar surface area (TPSA) is 52.8 Å². The highest BCUT2D eigenvalue weighted by Gasteiger charge is 2.18. The Labute approximate surface area is 156 Å². The van der Waals surface area contributed by atoms with Crippen molar-refractivity contribution in [2.75, 3.05) is 6.61 Å². The van der Waals surface area contributed by atoms with Crippen molar-refractivity contribution in [2.24, 2.45) is 10.9 Å². The fraction of sp³-hybridized carbons (Fsp3) is 0.435. The van der Waals surface area contributed by atoms with Gasteiger partial charge in [-0.25, -0.2) is 0 Å². The van der Waals surface area contributed by atoms with Gasteiger partial charge < -0.3 is 10.2 Å². The number of hydrogen-bond acceptors (Lipinski definition) is 3. The normalized spacial score (nSPS) is 15.8. The Hall–Kier alpha value is -2.13. The highest BCUT2D eigenvalue weighted by atomic mass is 16.3. The molecule has 0 saturated heterocycles. The number of aliphatic imine (C=N–C) groups is 1. The zero-order valence-electron chi connectivity index (χ0n) is 16.0. The second kappa shape index (κ2) is 8.05. The van der Waals surface area contributed by atoms with Crippen LogP contribution in [0.25, 0.3) is 0 Å². The molecule has 2 N–H and O–H groups in total. The molecule has 2 aromatic carbocycles. The Morgan fingerprint density at radius 3 is 2.00 bits per heavy atom. The van der Waals surface area contributed by atoms with Crippen molar-refractivity contribution >= 4 is 5.71 Å². The summed E-state index contributed by atoms with van der Waals surface area (Å²) in [7, 11) is 0. The first-order valence-corrected chi connectivity index (χ1v) is 9.56. The van der Waals surface area contributed by atoms with Crippen molar-refractivity contribution in [2.45, 2.75) is 52.5 Å². The van der Waals surface area contributed by atoms with Crippen LogP contribution < -0.4 is 0 Å². The second-order valence-electron chi connectivity index (χ2n) is 7.63. The number of benzene rings is 2. The van der Waals surface area contributed by atoms with Crippen LogP contribution in [0.1, 0.15) is 48.6 Å². The molecule has 26 heavy (non-hydrogen) atoms. The minimum absolute atomic E-state index is 0.0244. The summed E-state index contributed by atoms with van der Waals surface area (Å²) in [5.41, 5.74) is 6.37. The molecule has 0 fully saturated rings. The highest BCUT2D eigenvalue weighted by molar-refractivity contribution is 6.03. The summed E-state index contributed by atoms with van der Waals surface area (Å²) in [6.45, 7) is 6.10. The molecule has 0 radical (unpaired) electrons. The van der Waals surface area contributed by atoms with Crippen molar-refractivity contribution in [1.29, 1.82) is 0 Å². The first-order valence-electron chi connectivity index (χ1n) is 9.56. The maximum atomic E-state index is 11.0. The minimum Gasteiger partial charge on any atom is -0.507 e. The molecule has 0 unspecified atom stereocenters. The van der Waals surface area contributed by atoms with Crippen molar-refractivity contribution in [3.63, 3.8) is 0 Å². The molecular formula is C23H29NO2. The molecule has 4 bridgehead atoms. The smallest absolute Gasteiger partial charge is 0.128 e. The SMILES string of the molecule is CC(=N[C@@H](CO)C(C)C)c1c2ccc(c1O)CCc1ccc(cc1)CC2. The molecule has 4 aliphatic carbocycles. The predicted octanol–water partition coefficient (Wildman–Crippen LogP) is 4.10. The third kappa shape index (κ3) is 3.99. The Bertz CT molecular complexity index is 791. The van der Waals surface area contributed by atoms with Gasteiger partial charge in [-0.2, -0.15) is 0 Å². The quantitative estimate of drug-likeness (QED) is 0.815. The van der Waals surface area contributed by atoms with E-state index in [-0.39, 0.29) is 18.6 Å². The van der Waals surface area contributed by atoms with Crippen LogP contribution in [-0.4, -0.2) is 28.6 Å². The van der Waals surface area contributed by atoms with E-state index in [4.69, 9.17) is 4.99 Å². The molecule has 0 amide bonds. The number of nitrogens with zero attached hydrogens (tertiary/aromatic N) is 1. The fourth-order valence-corrected chi connectivity index (χ4v) is 3.63. The van der Waals surface area contributed by atoms with Gasteiger partial charge >= 0.3 is 0 Å². The molecule has 3 heteroatoms. The van der Waals surface area contributed by atoms with E-state index in [0.717, 1.165) is 48.1 Å². The molecule has 1 atom stereocenters. The number of aliphatic hydroxyl groups excluding tert-OH is 1. The molecule has 2 aromatic rings. The van der Waals surface area contributed by atoms with E-state index in [0.29, 0.717) is 5.75 Å². The zero-order chi connectivity index (χ0) is 18.7. The van der Waals surface area contributed by atoms with Crippen molar-refractivity contribution < 1.29 is 10.2 Å². The number of aromatic hydroxyl groups is 1. The Balaban J connectivity index is 2.04. The third-order valence-corrected chi connectivity index (χ3v) is 5.41. The van der Waals surface area contributed by atoms with Gasteiger partial charge in [-0.1, -0.05) is 50.2 Å². The number of aryl methyl sites for hydroxylation is 4. The standard InChI is InChI=1S/C23H29NO2/c1-15(2)21(14-25)24-16(3)22-19-10-8-17-4-6-18(7-5-17)9-11-20(13-12-19)23(22)26/h4-7,12-13,15,21,25-26H,8-11,14H2,1-3H3/t21-/m0/s1. The van der Waals surface area contributed by atoms with E-state index >= 15 is 0 Å². The maximum absolute atomic E-state index is 11.0. The molecule has 3 nitrogen and oxygen atoms in total. The summed E-state index contributed by atoms with van der Waals surface area (Å²) in [6.07, 6.45) is 3.52. The van der Waals surface area contributed by atoms with Crippen LogP contribution >= 0.6 is 0 Å². The van der Waals surface area contributed by atoms with Gasteiger partial charge in [-0.15, -0.1) is 0 Å². The summed E-state index contributed by atoms with van der Waals surface area (Å²) in [4.78, 5) is 4.74. The Morgan fingerprint density at radius 1 is 0.923 bits per heavy atom. The van der Waals surface area contributed by atoms with Crippen LogP contribution in [0.15, 0.2) is 41.4 Å². The monoisotopic (exact) mass is 351 g/mol. The van der Waals surface area contributed by atoms with Crippen LogP contribution in [-0.2, 0) is 25.7 Å². The fourth-order valence-electron chi connectivity index (χ4n) is 3.63. The summed E-state index contributed by atoms with van der Waals surface area (Å²) in [6, 6.07) is 12.9. The lowest BCUT2D eigenvalue weighted by Gasteiger charge is -2.19. The van der Waals surface area contributed by atoms with E-state index in [1.807, 2.05) is 6.92 Å². The van der Waals surface area contributed by atoms with Crippen LogP contribution in [0.3, 0.4) is 0 Å². The lowest BCUT2D eigenvalue weighted by Crippen LogP contribution is -2.20. The zero-order valence-corrected chi connectivity index (χ0v) is 16.0. The molecule has 0 heterocycles. The maximum Gasteiger partial charge on any atom is 0.128 e. The van der Waals surface area contributed by atoms with E-state index in [9.17, 15) is 10.2 Å². The molecule has 138 valence electrons. The van der Waals surface area contributed by atoms with Crippen molar-refractivity contribution in [3.8, 4) is 5.75 Å². The number of phenolic OH excluding ortho intramolecular Hbond substituents is 1. The van der Waals surface area contributed by atoms with Gasteiger partial charge in [0.2, 0.25) is 0 Å². The molecule has 0 aromatic heterocycles. The summed E-state index contributed by atoms with van der Waals surface area (Å²) >= 11 is 0. The van der Waals surface area contributed by atoms with E-state index < -0.39 is 0 Å². The highest BCUT2D eigenvalue weighted by Crippen LogP contribution is 2.30. The molecule has 0 saturated carbocycles. The number of aliphatic hydroxyl groups is 1. The van der Waals surface area contributed by atoms with Gasteiger partial charge in [0.15, 0.2) is 0 Å². The van der Waals surface area contributed by atoms with E-state index in [1.54, 1.807) is 0 Å². The number of rotatable bonds is 4. The average molecular weight is 351 g/mol. The number of hydrogen-bond donors (Lipinski definition) is 2. The van der Waals surface area contributed by atoms with Gasteiger partial charge in [-0.3, -0.25) is 4.99 Å². The average Bonchev–Trinajstić information content (AvgIpc) is 2.62. The molecule has 6 rings (SSSR count). The van der Waals surface area contributed by atoms with Crippen LogP contribution in [0.4, 0.5) is 0 Å². The summed E-state index contributed by atoms with van der Waals surface area (Å²) in [5, 5.41) is 20.6. The van der Waals surface area contributed by atoms with E-state index in [2.05, 4.69) is 50.2 Å². The summed E-state index contributed by atoms with van der Waals surface area (Å²) < 4.78 is 0. The van der Waals surface area contributed by atoms with Gasteiger partial charge in [0.1, 0.15) is 5.75 Å². The minimum atomic E-state index is -0.142. The van der Waals surface area contributed by atoms with Crippen molar-refractivity contribution in [3.05, 3.63) is 64.2 Å². The summed E-state index contributed by atoms with van der Waals surface area (Å²) in [5.74, 6) is 0.617. The first kappa shape index (κ1) is 18.7. The number of phenols is 1. The Kier molecular flexibility index (Phi) is 5.77. The first-order chi connectivity index (χ1) is 12.5. The van der Waals surface area contributed by atoms with E-state index in [1.165, 1.54) is 11.1 Å². The molecule has 0 aliphatic heterocycles. The van der Waals surface area contributed by atoms with Crippen LogP contribution in [0.2, 0.25) is 0 Å². The molecule has 0 spiro atoms. The second-order valence-corrected chi connectivity index (χ2v) is 7.63. The third-order valence-electron chi connectivity index (χ3n) is 5.41. The largest absolute Gasteiger partial charge is 0.507 e. The van der Waals surface area contributed by atoms with Gasteiger partial charge in [0, 0.05) is 11.3 Å². The van der Waals surface area contributed by atoms with Crippen molar-refractivity contribution in [1.82, 2.24) is 0 Å². The predicted molar refractivity (Wildman–Crippen MR) is 107 cm³/mol. The van der Waals surface area contributed by atoms with Crippen LogP contribution in [0, 0.1) is 5.92 Å².